The highest BCUT2D eigenvalue weighted by Gasteiger charge is 2.22. The molecule has 0 saturated carbocycles. The molecule has 1 aromatic rings. The second-order valence-electron chi connectivity index (χ2n) is 2.93. The van der Waals surface area contributed by atoms with E-state index in [-0.39, 0.29) is 0 Å². The molecule has 1 aromatic carbocycles. The monoisotopic (exact) mass is 320 g/mol. The summed E-state index contributed by atoms with van der Waals surface area (Å²) < 4.78 is 1.67. The minimum atomic E-state index is -0.792. The molecule has 1 N–H and O–H groups in total. The minimum Gasteiger partial charge on any atom is -0.481 e. The van der Waals surface area contributed by atoms with Crippen molar-refractivity contribution in [1.82, 2.24) is 0 Å². The van der Waals surface area contributed by atoms with Crippen LogP contribution in [0, 0.1) is 0 Å². The first kappa shape index (κ1) is 11.7. The summed E-state index contributed by atoms with van der Waals surface area (Å²) in [6, 6.07) is 5.57. The highest BCUT2D eigenvalue weighted by atomic mass is 79.9. The molecule has 0 aliphatic heterocycles. The van der Waals surface area contributed by atoms with Crippen molar-refractivity contribution >= 4 is 37.8 Å². The molecule has 4 heteroatoms. The van der Waals surface area contributed by atoms with E-state index in [2.05, 4.69) is 31.9 Å². The molecular formula is C10H10Br2O2. The van der Waals surface area contributed by atoms with Gasteiger partial charge in [-0.05, 0) is 24.1 Å². The second-order valence-corrected chi connectivity index (χ2v) is 4.64. The highest BCUT2D eigenvalue weighted by Crippen LogP contribution is 2.33. The Morgan fingerprint density at radius 2 is 1.93 bits per heavy atom. The number of hydrogen-bond acceptors (Lipinski definition) is 1. The van der Waals surface area contributed by atoms with Crippen molar-refractivity contribution in [1.29, 1.82) is 0 Å². The molecule has 0 aliphatic rings. The summed E-state index contributed by atoms with van der Waals surface area (Å²) in [7, 11) is 0. The summed E-state index contributed by atoms with van der Waals surface area (Å²) in [5, 5.41) is 9.03. The van der Waals surface area contributed by atoms with Crippen molar-refractivity contribution in [3.63, 3.8) is 0 Å². The molecule has 1 atom stereocenters. The van der Waals surface area contributed by atoms with Crippen LogP contribution < -0.4 is 0 Å². The fraction of sp³-hybridized carbons (Fsp3) is 0.300. The number of halogens is 2. The van der Waals surface area contributed by atoms with Gasteiger partial charge in [0, 0.05) is 8.95 Å². The van der Waals surface area contributed by atoms with E-state index < -0.39 is 11.9 Å². The Balaban J connectivity index is 3.22. The van der Waals surface area contributed by atoms with Crippen molar-refractivity contribution in [2.75, 3.05) is 0 Å². The number of hydrogen-bond donors (Lipinski definition) is 1. The molecule has 0 bridgehead atoms. The number of aliphatic carboxylic acids is 1. The van der Waals surface area contributed by atoms with Crippen molar-refractivity contribution in [3.8, 4) is 0 Å². The normalized spacial score (nSPS) is 12.5. The molecule has 0 heterocycles. The summed E-state index contributed by atoms with van der Waals surface area (Å²) in [6.45, 7) is 1.87. The van der Waals surface area contributed by atoms with Gasteiger partial charge in [0.15, 0.2) is 0 Å². The molecule has 2 nitrogen and oxygen atoms in total. The van der Waals surface area contributed by atoms with Crippen LogP contribution in [0.5, 0.6) is 0 Å². The van der Waals surface area contributed by atoms with Gasteiger partial charge in [-0.3, -0.25) is 4.79 Å². The lowest BCUT2D eigenvalue weighted by Gasteiger charge is -2.13. The number of carboxylic acids is 1. The number of carbonyl (C=O) groups is 1. The van der Waals surface area contributed by atoms with Gasteiger partial charge in [0.25, 0.3) is 0 Å². The van der Waals surface area contributed by atoms with Crippen LogP contribution in [0.3, 0.4) is 0 Å². The first-order valence-electron chi connectivity index (χ1n) is 4.24. The van der Waals surface area contributed by atoms with Gasteiger partial charge in [-0.25, -0.2) is 0 Å². The molecule has 0 amide bonds. The standard InChI is InChI=1S/C10H10Br2O2/c1-2-6(10(13)14)9-7(11)4-3-5-8(9)12/h3-6H,2H2,1H3,(H,13,14). The SMILES string of the molecule is CCC(C(=O)O)c1c(Br)cccc1Br. The number of benzene rings is 1. The van der Waals surface area contributed by atoms with Crippen LogP contribution in [0.1, 0.15) is 24.8 Å². The molecule has 1 unspecified atom stereocenters. The fourth-order valence-corrected chi connectivity index (χ4v) is 2.90. The van der Waals surface area contributed by atoms with Gasteiger partial charge in [-0.15, -0.1) is 0 Å². The van der Waals surface area contributed by atoms with Crippen molar-refractivity contribution in [3.05, 3.63) is 32.7 Å². The van der Waals surface area contributed by atoms with Crippen LogP contribution in [0.25, 0.3) is 0 Å². The smallest absolute Gasteiger partial charge is 0.311 e. The first-order chi connectivity index (χ1) is 6.57. The fourth-order valence-electron chi connectivity index (χ4n) is 1.35. The lowest BCUT2D eigenvalue weighted by Crippen LogP contribution is -2.11. The van der Waals surface area contributed by atoms with Crippen LogP contribution in [-0.4, -0.2) is 11.1 Å². The second kappa shape index (κ2) is 4.94. The minimum absolute atomic E-state index is 0.458. The zero-order valence-corrected chi connectivity index (χ0v) is 10.8. The van der Waals surface area contributed by atoms with E-state index in [9.17, 15) is 4.79 Å². The van der Waals surface area contributed by atoms with E-state index in [0.29, 0.717) is 6.42 Å². The Morgan fingerprint density at radius 3 is 2.29 bits per heavy atom. The molecule has 14 heavy (non-hydrogen) atoms. The van der Waals surface area contributed by atoms with Crippen LogP contribution >= 0.6 is 31.9 Å². The molecule has 0 fully saturated rings. The topological polar surface area (TPSA) is 37.3 Å². The predicted molar refractivity (Wildman–Crippen MR) is 62.5 cm³/mol. The molecule has 0 radical (unpaired) electrons. The lowest BCUT2D eigenvalue weighted by molar-refractivity contribution is -0.138. The van der Waals surface area contributed by atoms with Gasteiger partial charge >= 0.3 is 5.97 Å². The largest absolute Gasteiger partial charge is 0.481 e. The molecule has 76 valence electrons. The third kappa shape index (κ3) is 2.36. The Morgan fingerprint density at radius 1 is 1.43 bits per heavy atom. The Bertz CT molecular complexity index is 330. The van der Waals surface area contributed by atoms with Gasteiger partial charge < -0.3 is 5.11 Å². The van der Waals surface area contributed by atoms with E-state index in [1.54, 1.807) is 0 Å². The van der Waals surface area contributed by atoms with Gasteiger partial charge in [0.2, 0.25) is 0 Å². The van der Waals surface area contributed by atoms with Crippen LogP contribution in [0.15, 0.2) is 27.1 Å². The zero-order valence-electron chi connectivity index (χ0n) is 7.63. The third-order valence-electron chi connectivity index (χ3n) is 2.05. The van der Waals surface area contributed by atoms with Crippen LogP contribution in [0.4, 0.5) is 0 Å². The van der Waals surface area contributed by atoms with Gasteiger partial charge in [0.05, 0.1) is 5.92 Å². The van der Waals surface area contributed by atoms with Gasteiger partial charge in [-0.1, -0.05) is 44.8 Å². The Labute approximate surface area is 99.6 Å². The maximum absolute atomic E-state index is 11.0. The molecule has 1 rings (SSSR count). The van der Waals surface area contributed by atoms with E-state index in [0.717, 1.165) is 14.5 Å². The average molecular weight is 322 g/mol. The van der Waals surface area contributed by atoms with Crippen LogP contribution in [-0.2, 0) is 4.79 Å². The molecule has 0 aromatic heterocycles. The summed E-state index contributed by atoms with van der Waals surface area (Å²) in [6.07, 6.45) is 0.580. The summed E-state index contributed by atoms with van der Waals surface area (Å²) >= 11 is 6.73. The number of carboxylic acid groups (broad SMARTS) is 1. The predicted octanol–water partition coefficient (Wildman–Crippen LogP) is 3.79. The Kier molecular flexibility index (Phi) is 4.13. The molecule has 0 aliphatic carbocycles. The maximum atomic E-state index is 11.0. The van der Waals surface area contributed by atoms with Crippen LogP contribution in [0.2, 0.25) is 0 Å². The average Bonchev–Trinajstić information content (AvgIpc) is 2.10. The molecule has 0 spiro atoms. The van der Waals surface area contributed by atoms with Gasteiger partial charge in [0.1, 0.15) is 0 Å². The third-order valence-corrected chi connectivity index (χ3v) is 3.44. The Hall–Kier alpha value is -0.350. The zero-order chi connectivity index (χ0) is 10.7. The first-order valence-corrected chi connectivity index (χ1v) is 5.83. The van der Waals surface area contributed by atoms with Crippen molar-refractivity contribution in [2.45, 2.75) is 19.3 Å². The molecular weight excluding hydrogens is 312 g/mol. The number of rotatable bonds is 3. The quantitative estimate of drug-likeness (QED) is 0.919. The summed E-state index contributed by atoms with van der Waals surface area (Å²) in [5.74, 6) is -1.25. The highest BCUT2D eigenvalue weighted by molar-refractivity contribution is 9.11. The van der Waals surface area contributed by atoms with E-state index in [1.165, 1.54) is 0 Å². The van der Waals surface area contributed by atoms with E-state index in [1.807, 2.05) is 25.1 Å². The van der Waals surface area contributed by atoms with Crippen molar-refractivity contribution in [2.24, 2.45) is 0 Å². The van der Waals surface area contributed by atoms with Gasteiger partial charge in [-0.2, -0.15) is 0 Å². The maximum Gasteiger partial charge on any atom is 0.311 e. The summed E-state index contributed by atoms with van der Waals surface area (Å²) in [4.78, 5) is 11.0. The van der Waals surface area contributed by atoms with E-state index in [4.69, 9.17) is 5.11 Å². The lowest BCUT2D eigenvalue weighted by atomic mass is 9.97. The van der Waals surface area contributed by atoms with E-state index >= 15 is 0 Å². The summed E-state index contributed by atoms with van der Waals surface area (Å²) in [5.41, 5.74) is 0.808. The molecule has 0 saturated heterocycles. The van der Waals surface area contributed by atoms with Crippen molar-refractivity contribution < 1.29 is 9.90 Å².